The number of phosphoric acid groups is 3. The average molecular weight is 1100 g/mol. The molecule has 2 aromatic heterocycles. The van der Waals surface area contributed by atoms with Gasteiger partial charge in [0, 0.05) is 37.1 Å². The number of aliphatic hydroxyl groups excluding tert-OH is 2. The van der Waals surface area contributed by atoms with E-state index in [-0.39, 0.29) is 41.6 Å². The molecule has 3 heterocycles. The van der Waals surface area contributed by atoms with Crippen molar-refractivity contribution in [3.63, 3.8) is 0 Å². The number of carbonyl (C=O) groups is 3. The van der Waals surface area contributed by atoms with Crippen molar-refractivity contribution < 1.29 is 80.5 Å². The Labute approximate surface area is 426 Å². The van der Waals surface area contributed by atoms with E-state index in [0.717, 1.165) is 54.2 Å². The van der Waals surface area contributed by atoms with E-state index in [0.29, 0.717) is 12.2 Å². The van der Waals surface area contributed by atoms with Gasteiger partial charge in [0.25, 0.3) is 0 Å². The largest absolute Gasteiger partial charge is 0.481 e. The number of anilines is 1. The summed E-state index contributed by atoms with van der Waals surface area (Å²) in [5.41, 5.74) is 4.30. The van der Waals surface area contributed by atoms with Crippen molar-refractivity contribution in [2.75, 3.05) is 37.8 Å². The van der Waals surface area contributed by atoms with Crippen molar-refractivity contribution in [3.05, 3.63) is 12.7 Å². The molecular weight excluding hydrogens is 1020 g/mol. The first-order valence-corrected chi connectivity index (χ1v) is 30.5. The number of nitrogens with one attached hydrogen (secondary N) is 2. The smallest absolute Gasteiger partial charge is 0.386 e. The monoisotopic (exact) mass is 1100 g/mol. The molecule has 24 nitrogen and oxygen atoms in total. The number of aromatic nitrogens is 4. The molecule has 1 aliphatic rings. The van der Waals surface area contributed by atoms with Gasteiger partial charge in [-0.3, -0.25) is 32.5 Å². The quantitative estimate of drug-likeness (QED) is 0.0247. The molecule has 8 atom stereocenters. The number of hydrogen-bond donors (Lipinski definition) is 9. The number of imidazole rings is 1. The highest BCUT2D eigenvalue weighted by atomic mass is 32.2. The summed E-state index contributed by atoms with van der Waals surface area (Å²) in [4.78, 5) is 88.6. The van der Waals surface area contributed by atoms with Gasteiger partial charge in [0.2, 0.25) is 11.8 Å². The van der Waals surface area contributed by atoms with Crippen molar-refractivity contribution in [2.45, 2.75) is 187 Å². The summed E-state index contributed by atoms with van der Waals surface area (Å²) in [5, 5.41) is 26.7. The minimum absolute atomic E-state index is 0.0343. The van der Waals surface area contributed by atoms with Gasteiger partial charge in [0.05, 0.1) is 19.5 Å². The Morgan fingerprint density at radius 3 is 2.03 bits per heavy atom. The maximum absolute atomic E-state index is 12.8. The fourth-order valence-electron chi connectivity index (χ4n) is 7.95. The number of aliphatic hydroxyl groups is 2. The SMILES string of the molecule is CCCCC(C)CCCCCCCCCCCCCCCCC(=O)SCCNC(=O)CCNC(=O)C(O)C(C)(C)COP(=O)(O)OP(=O)(O)OCC1OC(n2cnc3c(N)ncnc32)C(O)C1OP(=O)(O)O. The summed E-state index contributed by atoms with van der Waals surface area (Å²) in [6.45, 7) is 5.24. The summed E-state index contributed by atoms with van der Waals surface area (Å²) in [6, 6.07) is 0. The lowest BCUT2D eigenvalue weighted by Crippen LogP contribution is -2.46. The Balaban J connectivity index is 1.24. The normalized spacial score (nSPS) is 20.0. The van der Waals surface area contributed by atoms with Crippen LogP contribution in [0.2, 0.25) is 0 Å². The number of nitrogen functional groups attached to an aromatic ring is 1. The summed E-state index contributed by atoms with van der Waals surface area (Å²) in [5.74, 6) is -0.135. The van der Waals surface area contributed by atoms with Crippen LogP contribution in [0.5, 0.6) is 0 Å². The molecule has 0 bridgehead atoms. The molecule has 1 saturated heterocycles. The lowest BCUT2D eigenvalue weighted by molar-refractivity contribution is -0.137. The van der Waals surface area contributed by atoms with E-state index in [1.807, 2.05) is 0 Å². The number of nitrogens with two attached hydrogens (primary N) is 1. The molecule has 8 unspecified atom stereocenters. The number of carbonyl (C=O) groups excluding carboxylic acids is 3. The molecule has 72 heavy (non-hydrogen) atoms. The lowest BCUT2D eigenvalue weighted by atomic mass is 9.87. The molecule has 28 heteroatoms. The molecule has 0 aliphatic carbocycles. The zero-order valence-electron chi connectivity index (χ0n) is 42.1. The first-order valence-electron chi connectivity index (χ1n) is 25.0. The standard InChI is InChI=1S/C44H80N7O17P3S/c1-5-6-21-32(2)22-19-17-15-13-11-9-7-8-10-12-14-16-18-20-23-35(53)72-27-26-46-34(52)24-25-47-42(56)39(55)44(3,4)29-65-71(62,63)68-70(60,61)64-28-33-38(67-69(57,58)59)37(54)43(66-33)51-31-50-36-40(45)48-30-49-41(36)51/h30-33,37-39,43,54-55H,5-29H2,1-4H3,(H,46,52)(H,47,56)(H,60,61)(H,62,63)(H2,45,48,49)(H2,57,58,59). The van der Waals surface area contributed by atoms with Crippen LogP contribution < -0.4 is 16.4 Å². The summed E-state index contributed by atoms with van der Waals surface area (Å²) in [7, 11) is -16.4. The van der Waals surface area contributed by atoms with Crippen LogP contribution in [0.25, 0.3) is 11.2 Å². The fourth-order valence-corrected chi connectivity index (χ4v) is 11.5. The van der Waals surface area contributed by atoms with Gasteiger partial charge < -0.3 is 50.9 Å². The van der Waals surface area contributed by atoms with E-state index in [1.165, 1.54) is 110 Å². The molecule has 1 aliphatic heterocycles. The van der Waals surface area contributed by atoms with E-state index in [2.05, 4.69) is 48.3 Å². The zero-order valence-corrected chi connectivity index (χ0v) is 45.6. The Hall–Kier alpha value is -2.44. The van der Waals surface area contributed by atoms with Crippen molar-refractivity contribution >= 4 is 69.1 Å². The molecule has 0 aromatic carbocycles. The first kappa shape index (κ1) is 63.8. The van der Waals surface area contributed by atoms with E-state index in [1.54, 1.807) is 0 Å². The van der Waals surface area contributed by atoms with Gasteiger partial charge in [0.15, 0.2) is 22.8 Å². The number of unbranched alkanes of at least 4 members (excludes halogenated alkanes) is 14. The topological polar surface area (TPSA) is 364 Å². The van der Waals surface area contributed by atoms with Gasteiger partial charge in [-0.15, -0.1) is 0 Å². The number of thioether (sulfide) groups is 1. The molecule has 414 valence electrons. The number of fused-ring (bicyclic) bond motifs is 1. The summed E-state index contributed by atoms with van der Waals surface area (Å²) < 4.78 is 62.5. The third-order valence-corrected chi connectivity index (χ3v) is 16.2. The van der Waals surface area contributed by atoms with Crippen LogP contribution >= 0.6 is 35.2 Å². The van der Waals surface area contributed by atoms with Crippen LogP contribution in [-0.2, 0) is 50.7 Å². The second-order valence-corrected chi connectivity index (χ2v) is 24.4. The minimum Gasteiger partial charge on any atom is -0.386 e. The van der Waals surface area contributed by atoms with Crippen molar-refractivity contribution in [2.24, 2.45) is 11.3 Å². The molecule has 0 saturated carbocycles. The summed E-state index contributed by atoms with van der Waals surface area (Å²) >= 11 is 1.16. The number of phosphoric ester groups is 3. The number of hydrogen-bond acceptors (Lipinski definition) is 18. The third-order valence-electron chi connectivity index (χ3n) is 12.1. The van der Waals surface area contributed by atoms with Gasteiger partial charge in [0.1, 0.15) is 36.3 Å². The maximum Gasteiger partial charge on any atom is 0.481 e. The van der Waals surface area contributed by atoms with Crippen molar-refractivity contribution in [1.29, 1.82) is 0 Å². The van der Waals surface area contributed by atoms with E-state index >= 15 is 0 Å². The van der Waals surface area contributed by atoms with Gasteiger partial charge in [-0.05, 0) is 12.3 Å². The van der Waals surface area contributed by atoms with Crippen molar-refractivity contribution in [3.8, 4) is 0 Å². The fraction of sp³-hybridized carbons (Fsp3) is 0.818. The van der Waals surface area contributed by atoms with Crippen LogP contribution in [-0.4, -0.2) is 123 Å². The zero-order chi connectivity index (χ0) is 53.4. The van der Waals surface area contributed by atoms with Gasteiger partial charge in [-0.1, -0.05) is 149 Å². The Bertz CT molecular complexity index is 2100. The second-order valence-electron chi connectivity index (χ2n) is 19.0. The minimum atomic E-state index is -5.58. The first-order chi connectivity index (χ1) is 33.9. The summed E-state index contributed by atoms with van der Waals surface area (Å²) in [6.07, 6.45) is 16.5. The molecular formula is C44H80N7O17P3S. The molecule has 3 rings (SSSR count). The predicted octanol–water partition coefficient (Wildman–Crippen LogP) is 6.73. The number of nitrogens with zero attached hydrogens (tertiary/aromatic N) is 4. The molecule has 2 aromatic rings. The predicted molar refractivity (Wildman–Crippen MR) is 270 cm³/mol. The van der Waals surface area contributed by atoms with Crippen LogP contribution in [0.1, 0.15) is 162 Å². The average Bonchev–Trinajstić information content (AvgIpc) is 3.87. The van der Waals surface area contributed by atoms with Crippen molar-refractivity contribution in [1.82, 2.24) is 30.2 Å². The molecule has 1 fully saturated rings. The third kappa shape index (κ3) is 24.5. The van der Waals surface area contributed by atoms with Gasteiger partial charge >= 0.3 is 23.5 Å². The van der Waals surface area contributed by atoms with E-state index in [4.69, 9.17) is 19.5 Å². The highest BCUT2D eigenvalue weighted by molar-refractivity contribution is 8.13. The maximum atomic E-state index is 12.8. The Kier molecular flexibility index (Phi) is 28.6. The number of ether oxygens (including phenoxy) is 1. The number of rotatable bonds is 39. The van der Waals surface area contributed by atoms with Crippen LogP contribution in [0.4, 0.5) is 5.82 Å². The van der Waals surface area contributed by atoms with Gasteiger partial charge in [-0.2, -0.15) is 4.31 Å². The Morgan fingerprint density at radius 2 is 1.42 bits per heavy atom. The lowest BCUT2D eigenvalue weighted by Gasteiger charge is -2.30. The highest BCUT2D eigenvalue weighted by Crippen LogP contribution is 2.61. The van der Waals surface area contributed by atoms with E-state index in [9.17, 15) is 57.9 Å². The molecule has 10 N–H and O–H groups in total. The second kappa shape index (κ2) is 32.2. The number of amides is 2. The van der Waals surface area contributed by atoms with Crippen LogP contribution in [0, 0.1) is 11.3 Å². The molecule has 0 spiro atoms. The highest BCUT2D eigenvalue weighted by Gasteiger charge is 2.50. The van der Waals surface area contributed by atoms with Gasteiger partial charge in [-0.25, -0.2) is 28.6 Å². The molecule has 2 amide bonds. The van der Waals surface area contributed by atoms with Crippen LogP contribution in [0.15, 0.2) is 12.7 Å². The van der Waals surface area contributed by atoms with Crippen LogP contribution in [0.3, 0.4) is 0 Å². The molecule has 0 radical (unpaired) electrons. The van der Waals surface area contributed by atoms with E-state index < -0.39 is 84.6 Å². The Morgan fingerprint density at radius 1 is 0.833 bits per heavy atom.